The lowest BCUT2D eigenvalue weighted by atomic mass is 10.0. The van der Waals surface area contributed by atoms with Gasteiger partial charge in [-0.15, -0.1) is 0 Å². The van der Waals surface area contributed by atoms with Crippen LogP contribution in [0.2, 0.25) is 0 Å². The zero-order valence-corrected chi connectivity index (χ0v) is 6.33. The van der Waals surface area contributed by atoms with Crippen LogP contribution in [0, 0.1) is 0 Å². The normalized spacial score (nSPS) is 25.3. The topological polar surface area (TPSA) is 121 Å². The van der Waals surface area contributed by atoms with Crippen LogP contribution < -0.4 is 0 Å². The third-order valence-corrected chi connectivity index (χ3v) is 1.37. The van der Waals surface area contributed by atoms with Crippen molar-refractivity contribution in [2.45, 2.75) is 24.4 Å². The number of hydrogen-bond donors (Lipinski definition) is 6. The standard InChI is InChI=1S/C6H14O6/c7-1-3(9)5(11)6(12)4(10)2-8/h3-12H,1-2H2/t3-,4+,5-,6-/m1/s1/i5D. The monoisotopic (exact) mass is 183 g/mol. The van der Waals surface area contributed by atoms with Crippen molar-refractivity contribution in [2.24, 2.45) is 0 Å². The molecule has 0 rings (SSSR count). The van der Waals surface area contributed by atoms with E-state index in [9.17, 15) is 0 Å². The smallest absolute Gasteiger partial charge is 0.111 e. The van der Waals surface area contributed by atoms with Crippen LogP contribution in [-0.4, -0.2) is 68.2 Å². The molecule has 0 saturated heterocycles. The summed E-state index contributed by atoms with van der Waals surface area (Å²) in [4.78, 5) is 0. The maximum absolute atomic E-state index is 9.09. The van der Waals surface area contributed by atoms with Crippen LogP contribution >= 0.6 is 0 Å². The Morgan fingerprint density at radius 2 is 1.33 bits per heavy atom. The second kappa shape index (κ2) is 5.41. The van der Waals surface area contributed by atoms with Crippen LogP contribution in [0.15, 0.2) is 0 Å². The quantitative estimate of drug-likeness (QED) is 0.262. The van der Waals surface area contributed by atoms with E-state index in [4.69, 9.17) is 32.0 Å². The van der Waals surface area contributed by atoms with E-state index in [2.05, 4.69) is 0 Å². The molecule has 6 nitrogen and oxygen atoms in total. The van der Waals surface area contributed by atoms with Crippen LogP contribution in [0.5, 0.6) is 0 Å². The van der Waals surface area contributed by atoms with Crippen molar-refractivity contribution < 1.29 is 32.0 Å². The van der Waals surface area contributed by atoms with Crippen LogP contribution in [0.4, 0.5) is 0 Å². The summed E-state index contributed by atoms with van der Waals surface area (Å²) in [6.45, 7) is -1.80. The maximum Gasteiger partial charge on any atom is 0.111 e. The SMILES string of the molecule is [2H][C@@](O)([C@H](O)CO)[C@H](O)[C@@H](O)CO. The van der Waals surface area contributed by atoms with Crippen molar-refractivity contribution >= 4 is 0 Å². The molecule has 0 aromatic rings. The van der Waals surface area contributed by atoms with Crippen LogP contribution in [0.25, 0.3) is 0 Å². The molecule has 0 aromatic heterocycles. The minimum absolute atomic E-state index is 0.861. The molecule has 74 valence electrons. The Balaban J connectivity index is 4.42. The van der Waals surface area contributed by atoms with E-state index >= 15 is 0 Å². The third kappa shape index (κ3) is 3.02. The zero-order chi connectivity index (χ0) is 10.6. The predicted octanol–water partition coefficient (Wildman–Crippen LogP) is -3.59. The fourth-order valence-corrected chi connectivity index (χ4v) is 0.588. The van der Waals surface area contributed by atoms with Crippen LogP contribution in [-0.2, 0) is 0 Å². The van der Waals surface area contributed by atoms with Crippen molar-refractivity contribution in [3.63, 3.8) is 0 Å². The van der Waals surface area contributed by atoms with E-state index in [0.29, 0.717) is 0 Å². The molecule has 12 heavy (non-hydrogen) atoms. The average Bonchev–Trinajstić information content (AvgIpc) is 2.13. The summed E-state index contributed by atoms with van der Waals surface area (Å²) in [6, 6.07) is 0. The van der Waals surface area contributed by atoms with Gasteiger partial charge in [-0.3, -0.25) is 0 Å². The van der Waals surface area contributed by atoms with Gasteiger partial charge in [-0.2, -0.15) is 0 Å². The van der Waals surface area contributed by atoms with Gasteiger partial charge in [-0.1, -0.05) is 0 Å². The molecule has 4 atom stereocenters. The second-order valence-corrected chi connectivity index (χ2v) is 2.32. The summed E-state index contributed by atoms with van der Waals surface area (Å²) in [6.07, 6.45) is -8.52. The molecule has 0 aromatic carbocycles. The number of aliphatic hydroxyl groups excluding tert-OH is 5. The summed E-state index contributed by atoms with van der Waals surface area (Å²) in [5.41, 5.74) is 0. The Hall–Kier alpha value is -0.240. The number of hydrogen-bond acceptors (Lipinski definition) is 6. The molecule has 0 fully saturated rings. The lowest BCUT2D eigenvalue weighted by molar-refractivity contribution is -0.123. The van der Waals surface area contributed by atoms with Gasteiger partial charge in [0.15, 0.2) is 0 Å². The van der Waals surface area contributed by atoms with E-state index in [-0.39, 0.29) is 0 Å². The van der Waals surface area contributed by atoms with Crippen molar-refractivity contribution in [1.82, 2.24) is 0 Å². The molecule has 6 N–H and O–H groups in total. The Kier molecular flexibility index (Phi) is 4.44. The van der Waals surface area contributed by atoms with E-state index in [1.165, 1.54) is 0 Å². The van der Waals surface area contributed by atoms with Crippen LogP contribution in [0.3, 0.4) is 0 Å². The highest BCUT2D eigenvalue weighted by Gasteiger charge is 2.29. The zero-order valence-electron chi connectivity index (χ0n) is 7.33. The van der Waals surface area contributed by atoms with Gasteiger partial charge >= 0.3 is 0 Å². The lowest BCUT2D eigenvalue weighted by Gasteiger charge is -2.24. The van der Waals surface area contributed by atoms with Crippen molar-refractivity contribution in [1.29, 1.82) is 0 Å². The predicted molar refractivity (Wildman–Crippen MR) is 38.2 cm³/mol. The molecule has 0 aliphatic rings. The molecule has 0 heterocycles. The molecule has 6 heteroatoms. The van der Waals surface area contributed by atoms with Crippen molar-refractivity contribution in [3.05, 3.63) is 0 Å². The maximum atomic E-state index is 9.09. The largest absolute Gasteiger partial charge is 0.394 e. The van der Waals surface area contributed by atoms with E-state index in [1.54, 1.807) is 0 Å². The molecular weight excluding hydrogens is 168 g/mol. The Bertz CT molecular complexity index is 152. The van der Waals surface area contributed by atoms with E-state index < -0.39 is 37.6 Å². The summed E-state index contributed by atoms with van der Waals surface area (Å²) < 4.78 is 7.00. The minimum Gasteiger partial charge on any atom is -0.394 e. The van der Waals surface area contributed by atoms with Gasteiger partial charge in [0.1, 0.15) is 24.4 Å². The highest BCUT2D eigenvalue weighted by molar-refractivity contribution is 4.79. The first-order valence-electron chi connectivity index (χ1n) is 3.86. The summed E-state index contributed by atoms with van der Waals surface area (Å²) >= 11 is 0. The molecule has 0 radical (unpaired) electrons. The molecular formula is C6H14O6. The third-order valence-electron chi connectivity index (χ3n) is 1.37. The first-order valence-corrected chi connectivity index (χ1v) is 3.36. The number of rotatable bonds is 5. The minimum atomic E-state index is -2.81. The summed E-state index contributed by atoms with van der Waals surface area (Å²) in [5.74, 6) is 0. The van der Waals surface area contributed by atoms with E-state index in [1.807, 2.05) is 0 Å². The van der Waals surface area contributed by atoms with Gasteiger partial charge in [0.25, 0.3) is 0 Å². The lowest BCUT2D eigenvalue weighted by Crippen LogP contribution is -2.46. The number of aliphatic hydroxyl groups is 6. The van der Waals surface area contributed by atoms with E-state index in [0.717, 1.165) is 0 Å². The van der Waals surface area contributed by atoms with Gasteiger partial charge < -0.3 is 30.6 Å². The fourth-order valence-electron chi connectivity index (χ4n) is 0.588. The summed E-state index contributed by atoms with van der Waals surface area (Å²) in [5, 5.41) is 52.6. The Morgan fingerprint density at radius 1 is 0.917 bits per heavy atom. The molecule has 0 aliphatic heterocycles. The highest BCUT2D eigenvalue weighted by atomic mass is 16.4. The van der Waals surface area contributed by atoms with Gasteiger partial charge in [0.2, 0.25) is 0 Å². The molecule has 0 amide bonds. The fraction of sp³-hybridized carbons (Fsp3) is 1.00. The second-order valence-electron chi connectivity index (χ2n) is 2.32. The summed E-state index contributed by atoms with van der Waals surface area (Å²) in [7, 11) is 0. The Labute approximate surface area is 70.7 Å². The molecule has 0 spiro atoms. The molecule has 0 aliphatic carbocycles. The van der Waals surface area contributed by atoms with Crippen molar-refractivity contribution in [2.75, 3.05) is 13.2 Å². The average molecular weight is 183 g/mol. The van der Waals surface area contributed by atoms with Gasteiger partial charge in [-0.05, 0) is 0 Å². The van der Waals surface area contributed by atoms with Gasteiger partial charge in [0, 0.05) is 0 Å². The van der Waals surface area contributed by atoms with Gasteiger partial charge in [0.05, 0.1) is 14.6 Å². The molecule has 0 saturated carbocycles. The first kappa shape index (κ1) is 9.85. The highest BCUT2D eigenvalue weighted by Crippen LogP contribution is 2.03. The van der Waals surface area contributed by atoms with Crippen LogP contribution in [0.1, 0.15) is 1.37 Å². The van der Waals surface area contributed by atoms with Crippen molar-refractivity contribution in [3.8, 4) is 0 Å². The first-order chi connectivity index (χ1) is 5.87. The Morgan fingerprint density at radius 3 is 1.67 bits per heavy atom. The molecule has 0 bridgehead atoms. The molecule has 0 unspecified atom stereocenters. The van der Waals surface area contributed by atoms with Gasteiger partial charge in [-0.25, -0.2) is 0 Å².